The first-order chi connectivity index (χ1) is 9.98. The Balaban J connectivity index is 2.19. The molecule has 1 aromatic rings. The lowest BCUT2D eigenvalue weighted by Gasteiger charge is -2.45. The van der Waals surface area contributed by atoms with E-state index in [1.54, 1.807) is 0 Å². The smallest absolute Gasteiger partial charge is 0.101 e. The van der Waals surface area contributed by atoms with Gasteiger partial charge in [0.15, 0.2) is 0 Å². The van der Waals surface area contributed by atoms with Gasteiger partial charge < -0.3 is 10.2 Å². The Hall–Kier alpha value is -1.53. The maximum absolute atomic E-state index is 9.29. The van der Waals surface area contributed by atoms with Crippen LogP contribution in [0.3, 0.4) is 0 Å². The fraction of sp³-hybridized carbons (Fsp3) is 0.611. The van der Waals surface area contributed by atoms with Crippen molar-refractivity contribution < 1.29 is 0 Å². The van der Waals surface area contributed by atoms with E-state index in [1.165, 1.54) is 25.7 Å². The van der Waals surface area contributed by atoms with Crippen molar-refractivity contribution in [1.29, 1.82) is 5.26 Å². The van der Waals surface area contributed by atoms with Gasteiger partial charge in [-0.25, -0.2) is 0 Å². The van der Waals surface area contributed by atoms with Crippen LogP contribution in [0, 0.1) is 24.2 Å². The van der Waals surface area contributed by atoms with E-state index >= 15 is 0 Å². The highest BCUT2D eigenvalue weighted by molar-refractivity contribution is 5.62. The van der Waals surface area contributed by atoms with Crippen LogP contribution in [0.1, 0.15) is 43.7 Å². The van der Waals surface area contributed by atoms with Crippen molar-refractivity contribution in [1.82, 2.24) is 4.90 Å². The SMILES string of the molecule is Cc1cccc(C#N)c1NCC1(N(C)C)CCCC(C)C1. The van der Waals surface area contributed by atoms with Crippen LogP contribution in [0.2, 0.25) is 0 Å². The molecule has 0 amide bonds. The van der Waals surface area contributed by atoms with Crippen LogP contribution in [-0.2, 0) is 0 Å². The van der Waals surface area contributed by atoms with Crippen LogP contribution in [0.4, 0.5) is 5.69 Å². The van der Waals surface area contributed by atoms with E-state index in [0.717, 1.165) is 29.3 Å². The van der Waals surface area contributed by atoms with Crippen LogP contribution >= 0.6 is 0 Å². The molecule has 1 aliphatic carbocycles. The zero-order valence-electron chi connectivity index (χ0n) is 13.7. The first kappa shape index (κ1) is 15.9. The molecule has 0 aromatic heterocycles. The van der Waals surface area contributed by atoms with Crippen molar-refractivity contribution in [3.63, 3.8) is 0 Å². The maximum Gasteiger partial charge on any atom is 0.101 e. The van der Waals surface area contributed by atoms with Gasteiger partial charge in [-0.15, -0.1) is 0 Å². The minimum Gasteiger partial charge on any atom is -0.382 e. The standard InChI is InChI=1S/C18H27N3/c1-14-7-6-10-18(11-14,21(3)4)13-20-17-15(2)8-5-9-16(17)12-19/h5,8-9,14,20H,6-7,10-11,13H2,1-4H3. The Labute approximate surface area is 129 Å². The molecule has 0 saturated heterocycles. The first-order valence-corrected chi connectivity index (χ1v) is 7.89. The molecule has 1 aromatic carbocycles. The number of nitrogens with zero attached hydrogens (tertiary/aromatic N) is 2. The van der Waals surface area contributed by atoms with E-state index < -0.39 is 0 Å². The number of nitrogens with one attached hydrogen (secondary N) is 1. The molecular weight excluding hydrogens is 258 g/mol. The van der Waals surface area contributed by atoms with Crippen molar-refractivity contribution in [3.8, 4) is 6.07 Å². The second-order valence-electron chi connectivity index (χ2n) is 6.78. The summed E-state index contributed by atoms with van der Waals surface area (Å²) in [5.41, 5.74) is 3.09. The highest BCUT2D eigenvalue weighted by Gasteiger charge is 2.36. The van der Waals surface area contributed by atoms with Crippen LogP contribution < -0.4 is 5.32 Å². The Morgan fingerprint density at radius 2 is 2.19 bits per heavy atom. The van der Waals surface area contributed by atoms with E-state index in [1.807, 2.05) is 12.1 Å². The van der Waals surface area contributed by atoms with Crippen LogP contribution in [0.15, 0.2) is 18.2 Å². The highest BCUT2D eigenvalue weighted by atomic mass is 15.2. The number of likely N-dealkylation sites (N-methyl/N-ethyl adjacent to an activating group) is 1. The van der Waals surface area contributed by atoms with Gasteiger partial charge in [0.2, 0.25) is 0 Å². The molecule has 0 radical (unpaired) electrons. The third-order valence-corrected chi connectivity index (χ3v) is 5.00. The second kappa shape index (κ2) is 6.49. The number of aryl methyl sites for hydroxylation is 1. The van der Waals surface area contributed by atoms with Gasteiger partial charge in [0, 0.05) is 12.1 Å². The average molecular weight is 285 g/mol. The molecule has 0 aliphatic heterocycles. The lowest BCUT2D eigenvalue weighted by atomic mass is 9.75. The molecule has 1 N–H and O–H groups in total. The molecule has 0 heterocycles. The molecule has 1 fully saturated rings. The molecule has 0 bridgehead atoms. The lowest BCUT2D eigenvalue weighted by molar-refractivity contribution is 0.0882. The van der Waals surface area contributed by atoms with Crippen LogP contribution in [-0.4, -0.2) is 31.1 Å². The minimum atomic E-state index is 0.201. The fourth-order valence-corrected chi connectivity index (χ4v) is 3.61. The molecule has 2 atom stereocenters. The van der Waals surface area contributed by atoms with E-state index in [9.17, 15) is 5.26 Å². The van der Waals surface area contributed by atoms with Crippen molar-refractivity contribution in [2.24, 2.45) is 5.92 Å². The van der Waals surface area contributed by atoms with Gasteiger partial charge in [0.25, 0.3) is 0 Å². The molecule has 1 saturated carbocycles. The monoisotopic (exact) mass is 285 g/mol. The predicted octanol–water partition coefficient (Wildman–Crippen LogP) is 3.79. The van der Waals surface area contributed by atoms with Gasteiger partial charge in [0.1, 0.15) is 6.07 Å². The van der Waals surface area contributed by atoms with Crippen molar-refractivity contribution >= 4 is 5.69 Å². The number of para-hydroxylation sites is 1. The van der Waals surface area contributed by atoms with E-state index in [0.29, 0.717) is 0 Å². The maximum atomic E-state index is 9.29. The molecule has 2 rings (SSSR count). The molecule has 3 heteroatoms. The minimum absolute atomic E-state index is 0.201. The summed E-state index contributed by atoms with van der Waals surface area (Å²) in [6.07, 6.45) is 5.08. The molecule has 2 unspecified atom stereocenters. The number of hydrogen-bond acceptors (Lipinski definition) is 3. The normalized spacial score (nSPS) is 25.6. The number of hydrogen-bond donors (Lipinski definition) is 1. The third kappa shape index (κ3) is 3.39. The fourth-order valence-electron chi connectivity index (χ4n) is 3.61. The zero-order valence-corrected chi connectivity index (χ0v) is 13.7. The topological polar surface area (TPSA) is 39.1 Å². The number of benzene rings is 1. The summed E-state index contributed by atoms with van der Waals surface area (Å²) in [5.74, 6) is 0.773. The van der Waals surface area contributed by atoms with Gasteiger partial charge in [-0.3, -0.25) is 0 Å². The summed E-state index contributed by atoms with van der Waals surface area (Å²) in [7, 11) is 4.37. The Kier molecular flexibility index (Phi) is 4.90. The molecular formula is C18H27N3. The van der Waals surface area contributed by atoms with Crippen LogP contribution in [0.5, 0.6) is 0 Å². The average Bonchev–Trinajstić information content (AvgIpc) is 2.45. The van der Waals surface area contributed by atoms with E-state index in [4.69, 9.17) is 0 Å². The van der Waals surface area contributed by atoms with Gasteiger partial charge >= 0.3 is 0 Å². The Bertz CT molecular complexity index is 530. The largest absolute Gasteiger partial charge is 0.382 e. The summed E-state index contributed by atoms with van der Waals surface area (Å²) >= 11 is 0. The lowest BCUT2D eigenvalue weighted by Crippen LogP contribution is -2.52. The van der Waals surface area contributed by atoms with Gasteiger partial charge in [0.05, 0.1) is 11.3 Å². The van der Waals surface area contributed by atoms with Crippen LogP contribution in [0.25, 0.3) is 0 Å². The molecule has 0 spiro atoms. The Morgan fingerprint density at radius 1 is 1.43 bits per heavy atom. The summed E-state index contributed by atoms with van der Waals surface area (Å²) < 4.78 is 0. The van der Waals surface area contributed by atoms with E-state index in [2.05, 4.69) is 50.3 Å². The Morgan fingerprint density at radius 3 is 2.81 bits per heavy atom. The molecule has 3 nitrogen and oxygen atoms in total. The van der Waals surface area contributed by atoms with E-state index in [-0.39, 0.29) is 5.54 Å². The third-order valence-electron chi connectivity index (χ3n) is 5.00. The summed E-state index contributed by atoms with van der Waals surface area (Å²) in [4.78, 5) is 2.37. The number of anilines is 1. The molecule has 114 valence electrons. The van der Waals surface area contributed by atoms with Gasteiger partial charge in [-0.1, -0.05) is 31.9 Å². The van der Waals surface area contributed by atoms with Gasteiger partial charge in [-0.05, 0) is 51.4 Å². The molecule has 1 aliphatic rings. The molecule has 21 heavy (non-hydrogen) atoms. The number of rotatable bonds is 4. The summed E-state index contributed by atoms with van der Waals surface area (Å²) in [6, 6.07) is 8.20. The quantitative estimate of drug-likeness (QED) is 0.915. The number of nitriles is 1. The zero-order chi connectivity index (χ0) is 15.5. The second-order valence-corrected chi connectivity index (χ2v) is 6.78. The summed E-state index contributed by atoms with van der Waals surface area (Å²) in [6.45, 7) is 5.32. The van der Waals surface area contributed by atoms with Crippen molar-refractivity contribution in [2.75, 3.05) is 26.0 Å². The van der Waals surface area contributed by atoms with Crippen molar-refractivity contribution in [3.05, 3.63) is 29.3 Å². The van der Waals surface area contributed by atoms with Crippen molar-refractivity contribution in [2.45, 2.75) is 45.1 Å². The summed E-state index contributed by atoms with van der Waals surface area (Å²) in [5, 5.41) is 12.9. The van der Waals surface area contributed by atoms with Gasteiger partial charge in [-0.2, -0.15) is 5.26 Å². The predicted molar refractivity (Wildman–Crippen MR) is 88.4 cm³/mol. The highest BCUT2D eigenvalue weighted by Crippen LogP contribution is 2.36. The first-order valence-electron chi connectivity index (χ1n) is 7.89.